The molecule has 0 atom stereocenters. The number of hydrogen-bond acceptors (Lipinski definition) is 5. The van der Waals surface area contributed by atoms with Gasteiger partial charge in [0.2, 0.25) is 0 Å². The van der Waals surface area contributed by atoms with Gasteiger partial charge in [-0.15, -0.1) is 46.7 Å². The van der Waals surface area contributed by atoms with Crippen molar-refractivity contribution >= 4 is 48.2 Å². The third-order valence-corrected chi connectivity index (χ3v) is 7.98. The van der Waals surface area contributed by atoms with Gasteiger partial charge in [-0.1, -0.05) is 86.6 Å². The molecule has 3 aromatic carbocycles. The first-order valence-electron chi connectivity index (χ1n) is 13.6. The van der Waals surface area contributed by atoms with E-state index in [4.69, 9.17) is 0 Å². The van der Waals surface area contributed by atoms with Crippen LogP contribution in [0, 0.1) is 16.9 Å². The summed E-state index contributed by atoms with van der Waals surface area (Å²) in [5.41, 5.74) is 3.64. The summed E-state index contributed by atoms with van der Waals surface area (Å²) in [6, 6.07) is 22.8. The standard InChI is InChI=1S/C24H19N2S.C11H20O2.Ir/c1-24(2,3)18-10-8-15(9-11-18)21-23-22(26-14-25-21)19-12-16-6-4-5-7-17(16)13-20(19)27-23;1-10(2,3)8(12)7-9(13)11(4,5)6;/h4-8,10-14H,1-3H3;7,12H,1-6H3;/q-1;;/b;8-7-;. The largest absolute Gasteiger partial charge is 0.512 e. The first-order valence-corrected chi connectivity index (χ1v) is 14.4. The number of carbonyl (C=O) groups is 1. The number of aliphatic hydroxyl groups is 1. The Morgan fingerprint density at radius 3 is 2.05 bits per heavy atom. The Hall–Kier alpha value is -2.92. The first kappa shape index (κ1) is 32.6. The van der Waals surface area contributed by atoms with Gasteiger partial charge in [-0.2, -0.15) is 0 Å². The van der Waals surface area contributed by atoms with Crippen LogP contribution in [-0.4, -0.2) is 20.9 Å². The van der Waals surface area contributed by atoms with Gasteiger partial charge in [0.05, 0.1) is 5.52 Å². The molecule has 0 saturated heterocycles. The molecule has 0 saturated carbocycles. The zero-order valence-corrected chi connectivity index (χ0v) is 28.6. The molecule has 0 spiro atoms. The van der Waals surface area contributed by atoms with Crippen LogP contribution < -0.4 is 0 Å². The van der Waals surface area contributed by atoms with Crippen LogP contribution in [0.25, 0.3) is 42.3 Å². The van der Waals surface area contributed by atoms with Crippen molar-refractivity contribution in [3.63, 3.8) is 0 Å². The number of ketones is 1. The number of nitrogens with zero attached hydrogens (tertiary/aromatic N) is 2. The van der Waals surface area contributed by atoms with Crippen LogP contribution >= 0.6 is 11.3 Å². The maximum absolute atomic E-state index is 11.5. The second-order valence-corrected chi connectivity index (χ2v) is 14.4. The Morgan fingerprint density at radius 2 is 1.51 bits per heavy atom. The number of hydrogen-bond donors (Lipinski definition) is 1. The third kappa shape index (κ3) is 7.48. The molecule has 0 amide bonds. The van der Waals surface area contributed by atoms with Crippen molar-refractivity contribution in [2.45, 2.75) is 67.7 Å². The van der Waals surface area contributed by atoms with E-state index in [2.05, 4.69) is 91.4 Å². The Kier molecular flexibility index (Phi) is 9.64. The van der Waals surface area contributed by atoms with Crippen molar-refractivity contribution in [1.29, 1.82) is 0 Å². The van der Waals surface area contributed by atoms with Gasteiger partial charge in [0.25, 0.3) is 0 Å². The molecule has 2 heterocycles. The molecule has 0 aliphatic heterocycles. The van der Waals surface area contributed by atoms with Crippen molar-refractivity contribution in [3.8, 4) is 11.3 Å². The van der Waals surface area contributed by atoms with Crippen molar-refractivity contribution in [2.75, 3.05) is 0 Å². The average molecular weight is 744 g/mol. The monoisotopic (exact) mass is 744 g/mol. The van der Waals surface area contributed by atoms with Crippen LogP contribution in [-0.2, 0) is 30.3 Å². The minimum atomic E-state index is -0.417. The summed E-state index contributed by atoms with van der Waals surface area (Å²) in [7, 11) is 0. The van der Waals surface area contributed by atoms with Crippen molar-refractivity contribution in [2.24, 2.45) is 10.8 Å². The predicted molar refractivity (Wildman–Crippen MR) is 170 cm³/mol. The number of aromatic nitrogens is 2. The van der Waals surface area contributed by atoms with E-state index in [9.17, 15) is 9.90 Å². The molecule has 1 radical (unpaired) electrons. The van der Waals surface area contributed by atoms with Gasteiger partial charge in [-0.05, 0) is 28.3 Å². The maximum atomic E-state index is 11.5. The molecule has 4 nitrogen and oxygen atoms in total. The molecular weight excluding hydrogens is 705 g/mol. The van der Waals surface area contributed by atoms with E-state index in [0.717, 1.165) is 21.5 Å². The fourth-order valence-corrected chi connectivity index (χ4v) is 5.24. The molecule has 217 valence electrons. The Bertz CT molecular complexity index is 1710. The van der Waals surface area contributed by atoms with E-state index in [1.807, 2.05) is 41.5 Å². The Balaban J connectivity index is 0.000000284. The summed E-state index contributed by atoms with van der Waals surface area (Å²) in [6.07, 6.45) is 3.00. The third-order valence-electron chi connectivity index (χ3n) is 6.83. The second-order valence-electron chi connectivity index (χ2n) is 13.3. The van der Waals surface area contributed by atoms with Crippen LogP contribution in [0.15, 0.2) is 72.8 Å². The van der Waals surface area contributed by atoms with Crippen molar-refractivity contribution in [3.05, 3.63) is 84.4 Å². The number of rotatable bonds is 2. The summed E-state index contributed by atoms with van der Waals surface area (Å²) in [6.45, 7) is 17.8. The Morgan fingerprint density at radius 1 is 0.878 bits per heavy atom. The zero-order valence-electron chi connectivity index (χ0n) is 25.3. The normalized spacial score (nSPS) is 12.7. The summed E-state index contributed by atoms with van der Waals surface area (Å²) in [5, 5.41) is 13.3. The van der Waals surface area contributed by atoms with Crippen LogP contribution in [0.3, 0.4) is 0 Å². The molecule has 5 rings (SSSR count). The molecule has 41 heavy (non-hydrogen) atoms. The molecule has 6 heteroatoms. The minimum absolute atomic E-state index is 0. The van der Waals surface area contributed by atoms with E-state index < -0.39 is 5.41 Å². The van der Waals surface area contributed by atoms with Gasteiger partial charge in [0.1, 0.15) is 12.1 Å². The van der Waals surface area contributed by atoms with Gasteiger partial charge >= 0.3 is 0 Å². The number of aliphatic hydroxyl groups excluding tert-OH is 1. The smallest absolute Gasteiger partial charge is 0.164 e. The molecular formula is C35H39IrN2O2S-. The van der Waals surface area contributed by atoms with Gasteiger partial charge < -0.3 is 5.11 Å². The molecule has 0 aliphatic rings. The molecule has 0 aliphatic carbocycles. The molecule has 2 aromatic heterocycles. The number of thiophene rings is 1. The van der Waals surface area contributed by atoms with Crippen LogP contribution in [0.1, 0.15) is 67.9 Å². The van der Waals surface area contributed by atoms with E-state index in [1.54, 1.807) is 17.7 Å². The number of fused-ring (bicyclic) bond motifs is 4. The summed E-state index contributed by atoms with van der Waals surface area (Å²) >= 11 is 1.76. The molecule has 0 fully saturated rings. The topological polar surface area (TPSA) is 63.1 Å². The fourth-order valence-electron chi connectivity index (χ4n) is 4.05. The molecule has 1 N–H and O–H groups in total. The SMILES string of the molecule is CC(C)(C)C(=O)/C=C(\O)C(C)(C)C.CC(C)(C)c1c[c-]c(-c2ncnc3c2sc2cc4ccccc4cc23)cc1.[Ir]. The van der Waals surface area contributed by atoms with E-state index in [0.29, 0.717) is 0 Å². The summed E-state index contributed by atoms with van der Waals surface area (Å²) < 4.78 is 2.37. The molecule has 5 aromatic rings. The summed E-state index contributed by atoms with van der Waals surface area (Å²) in [4.78, 5) is 20.7. The zero-order chi connectivity index (χ0) is 29.5. The van der Waals surface area contributed by atoms with Crippen LogP contribution in [0.5, 0.6) is 0 Å². The van der Waals surface area contributed by atoms with E-state index in [1.165, 1.54) is 32.5 Å². The minimum Gasteiger partial charge on any atom is -0.512 e. The average Bonchev–Trinajstić information content (AvgIpc) is 3.23. The van der Waals surface area contributed by atoms with E-state index in [-0.39, 0.29) is 42.5 Å². The molecule has 0 unspecified atom stereocenters. The van der Waals surface area contributed by atoms with Gasteiger partial charge in [0.15, 0.2) is 5.78 Å². The Labute approximate surface area is 261 Å². The van der Waals surface area contributed by atoms with Gasteiger partial charge in [-0.25, -0.2) is 4.98 Å². The number of allylic oxidation sites excluding steroid dienone is 2. The first-order chi connectivity index (χ1) is 18.6. The van der Waals surface area contributed by atoms with Gasteiger partial charge in [0, 0.05) is 57.5 Å². The van der Waals surface area contributed by atoms with E-state index >= 15 is 0 Å². The second kappa shape index (κ2) is 12.1. The maximum Gasteiger partial charge on any atom is 0.164 e. The summed E-state index contributed by atoms with van der Waals surface area (Å²) in [5.74, 6) is 0.104. The van der Waals surface area contributed by atoms with Crippen LogP contribution in [0.4, 0.5) is 0 Å². The van der Waals surface area contributed by atoms with Crippen molar-refractivity contribution < 1.29 is 30.0 Å². The molecule has 0 bridgehead atoms. The number of carbonyl (C=O) groups excluding carboxylic acids is 1. The predicted octanol–water partition coefficient (Wildman–Crippen LogP) is 9.85. The van der Waals surface area contributed by atoms with Gasteiger partial charge in [-0.3, -0.25) is 9.78 Å². The number of benzene rings is 3. The quantitative estimate of drug-likeness (QED) is 0.111. The fraction of sp³-hybridized carbons (Fsp3) is 0.343. The van der Waals surface area contributed by atoms with Crippen molar-refractivity contribution in [1.82, 2.24) is 9.97 Å². The van der Waals surface area contributed by atoms with Crippen LogP contribution in [0.2, 0.25) is 0 Å².